The molecule has 0 aliphatic heterocycles. The van der Waals surface area contributed by atoms with Crippen LogP contribution in [0.25, 0.3) is 0 Å². The lowest BCUT2D eigenvalue weighted by Crippen LogP contribution is -2.39. The first-order valence-corrected chi connectivity index (χ1v) is 8.95. The van der Waals surface area contributed by atoms with Gasteiger partial charge in [-0.1, -0.05) is 12.8 Å². The molecule has 2 rings (SSSR count). The summed E-state index contributed by atoms with van der Waals surface area (Å²) in [6, 6.07) is 7.16. The van der Waals surface area contributed by atoms with Crippen LogP contribution < -0.4 is 14.8 Å². The number of ether oxygens (including phenoxy) is 1. The van der Waals surface area contributed by atoms with E-state index in [-0.39, 0.29) is 5.25 Å². The third-order valence-electron chi connectivity index (χ3n) is 3.96. The van der Waals surface area contributed by atoms with Gasteiger partial charge in [-0.15, -0.1) is 0 Å². The maximum absolute atomic E-state index is 12.8. The van der Waals surface area contributed by atoms with Gasteiger partial charge in [-0.2, -0.15) is 0 Å². The van der Waals surface area contributed by atoms with Crippen molar-refractivity contribution in [3.05, 3.63) is 24.3 Å². The van der Waals surface area contributed by atoms with Crippen LogP contribution >= 0.6 is 0 Å². The van der Waals surface area contributed by atoms with E-state index in [1.165, 1.54) is 4.31 Å². The third-order valence-corrected chi connectivity index (χ3v) is 6.28. The summed E-state index contributed by atoms with van der Waals surface area (Å²) in [6.45, 7) is 0.911. The Labute approximate surface area is 127 Å². The van der Waals surface area contributed by atoms with Gasteiger partial charge in [0.2, 0.25) is 10.0 Å². The summed E-state index contributed by atoms with van der Waals surface area (Å²) in [7, 11) is -1.71. The van der Waals surface area contributed by atoms with Crippen LogP contribution in [0.15, 0.2) is 24.3 Å². The quantitative estimate of drug-likeness (QED) is 0.837. The maximum atomic E-state index is 12.8. The Morgan fingerprint density at radius 1 is 1.24 bits per heavy atom. The van der Waals surface area contributed by atoms with Gasteiger partial charge in [0.25, 0.3) is 0 Å². The Morgan fingerprint density at radius 3 is 2.38 bits per heavy atom. The predicted octanol–water partition coefficient (Wildman–Crippen LogP) is 2.12. The molecule has 0 spiro atoms. The highest BCUT2D eigenvalue weighted by Crippen LogP contribution is 2.31. The number of anilines is 1. The Balaban J connectivity index is 2.27. The molecule has 0 saturated heterocycles. The molecule has 1 aromatic carbocycles. The molecule has 0 bridgehead atoms. The number of hydrogen-bond acceptors (Lipinski definition) is 4. The van der Waals surface area contributed by atoms with Crippen LogP contribution in [0.5, 0.6) is 5.75 Å². The van der Waals surface area contributed by atoms with Crippen LogP contribution in [0.1, 0.15) is 32.1 Å². The van der Waals surface area contributed by atoms with Crippen molar-refractivity contribution in [2.24, 2.45) is 5.73 Å². The van der Waals surface area contributed by atoms with E-state index in [0.29, 0.717) is 25.2 Å². The number of nitrogens with two attached hydrogens (primary N) is 1. The molecule has 0 aromatic heterocycles. The monoisotopic (exact) mass is 312 g/mol. The molecule has 0 radical (unpaired) electrons. The summed E-state index contributed by atoms with van der Waals surface area (Å²) in [5, 5.41) is -0.252. The van der Waals surface area contributed by atoms with Gasteiger partial charge in [0.1, 0.15) is 5.75 Å². The lowest BCUT2D eigenvalue weighted by molar-refractivity contribution is 0.415. The lowest BCUT2D eigenvalue weighted by Gasteiger charge is -2.27. The minimum Gasteiger partial charge on any atom is -0.497 e. The van der Waals surface area contributed by atoms with E-state index in [4.69, 9.17) is 10.5 Å². The van der Waals surface area contributed by atoms with E-state index >= 15 is 0 Å². The van der Waals surface area contributed by atoms with Crippen molar-refractivity contribution in [1.82, 2.24) is 0 Å². The zero-order chi connectivity index (χ0) is 15.3. The average Bonchev–Trinajstić information content (AvgIpc) is 3.03. The number of rotatable bonds is 7. The summed E-state index contributed by atoms with van der Waals surface area (Å²) >= 11 is 0. The zero-order valence-electron chi connectivity index (χ0n) is 12.5. The van der Waals surface area contributed by atoms with Crippen molar-refractivity contribution in [1.29, 1.82) is 0 Å². The molecule has 1 saturated carbocycles. The Hall–Kier alpha value is -1.27. The van der Waals surface area contributed by atoms with Crippen LogP contribution in [-0.2, 0) is 10.0 Å². The molecule has 1 aliphatic rings. The fourth-order valence-corrected chi connectivity index (χ4v) is 4.84. The fraction of sp³-hybridized carbons (Fsp3) is 0.600. The smallest absolute Gasteiger partial charge is 0.238 e. The minimum atomic E-state index is -3.31. The van der Waals surface area contributed by atoms with E-state index in [9.17, 15) is 8.42 Å². The van der Waals surface area contributed by atoms with Crippen molar-refractivity contribution in [3.8, 4) is 5.75 Å². The summed E-state index contributed by atoms with van der Waals surface area (Å²) in [6.07, 6.45) is 4.17. The first-order valence-electron chi connectivity index (χ1n) is 7.45. The highest BCUT2D eigenvalue weighted by Gasteiger charge is 2.34. The van der Waals surface area contributed by atoms with Crippen LogP contribution in [0.4, 0.5) is 5.69 Å². The lowest BCUT2D eigenvalue weighted by atomic mass is 10.3. The van der Waals surface area contributed by atoms with Crippen molar-refractivity contribution >= 4 is 15.7 Å². The second-order valence-corrected chi connectivity index (χ2v) is 7.50. The topological polar surface area (TPSA) is 72.6 Å². The molecule has 1 aromatic rings. The second kappa shape index (κ2) is 7.13. The molecule has 6 heteroatoms. The van der Waals surface area contributed by atoms with Crippen molar-refractivity contribution in [3.63, 3.8) is 0 Å². The Morgan fingerprint density at radius 2 is 1.86 bits per heavy atom. The molecule has 2 N–H and O–H groups in total. The number of hydrogen-bond donors (Lipinski definition) is 1. The normalized spacial score (nSPS) is 16.1. The third kappa shape index (κ3) is 3.68. The molecule has 0 atom stereocenters. The average molecular weight is 312 g/mol. The van der Waals surface area contributed by atoms with Gasteiger partial charge in [0.15, 0.2) is 0 Å². The summed E-state index contributed by atoms with van der Waals surface area (Å²) in [5.74, 6) is 0.718. The van der Waals surface area contributed by atoms with Gasteiger partial charge in [-0.3, -0.25) is 4.31 Å². The molecular weight excluding hydrogens is 288 g/mol. The van der Waals surface area contributed by atoms with Crippen molar-refractivity contribution < 1.29 is 13.2 Å². The standard InChI is InChI=1S/C15H24N2O3S/c1-20-14-9-7-13(8-10-14)17(12-4-11-16)21(18,19)15-5-2-3-6-15/h7-10,15H,2-6,11-12,16H2,1H3. The summed E-state index contributed by atoms with van der Waals surface area (Å²) < 4.78 is 32.3. The largest absolute Gasteiger partial charge is 0.497 e. The summed E-state index contributed by atoms with van der Waals surface area (Å²) in [5.41, 5.74) is 6.25. The molecule has 5 nitrogen and oxygen atoms in total. The molecule has 0 heterocycles. The predicted molar refractivity (Wildman–Crippen MR) is 85.2 cm³/mol. The van der Waals surface area contributed by atoms with Gasteiger partial charge in [0.05, 0.1) is 18.0 Å². The number of benzene rings is 1. The van der Waals surface area contributed by atoms with Gasteiger partial charge in [-0.25, -0.2) is 8.42 Å². The number of sulfonamides is 1. The highest BCUT2D eigenvalue weighted by molar-refractivity contribution is 7.93. The molecule has 0 unspecified atom stereocenters. The number of nitrogens with zero attached hydrogens (tertiary/aromatic N) is 1. The van der Waals surface area contributed by atoms with Crippen LogP contribution in [0, 0.1) is 0 Å². The molecule has 1 fully saturated rings. The fourth-order valence-electron chi connectivity index (χ4n) is 2.75. The van der Waals surface area contributed by atoms with Crippen molar-refractivity contribution in [2.75, 3.05) is 24.5 Å². The molecular formula is C15H24N2O3S. The Bertz CT molecular complexity index is 537. The van der Waals surface area contributed by atoms with Gasteiger partial charge in [0, 0.05) is 6.54 Å². The summed E-state index contributed by atoms with van der Waals surface area (Å²) in [4.78, 5) is 0. The van der Waals surface area contributed by atoms with Crippen molar-refractivity contribution in [2.45, 2.75) is 37.4 Å². The van der Waals surface area contributed by atoms with Crippen LogP contribution in [-0.4, -0.2) is 33.9 Å². The van der Waals surface area contributed by atoms with Gasteiger partial charge in [-0.05, 0) is 50.1 Å². The zero-order valence-corrected chi connectivity index (χ0v) is 13.3. The molecule has 1 aliphatic carbocycles. The van der Waals surface area contributed by atoms with E-state index in [0.717, 1.165) is 31.4 Å². The van der Waals surface area contributed by atoms with Gasteiger partial charge >= 0.3 is 0 Å². The molecule has 21 heavy (non-hydrogen) atoms. The van der Waals surface area contributed by atoms with Crippen LogP contribution in [0.3, 0.4) is 0 Å². The molecule has 118 valence electrons. The number of methoxy groups -OCH3 is 1. The van der Waals surface area contributed by atoms with Gasteiger partial charge < -0.3 is 10.5 Å². The Kier molecular flexibility index (Phi) is 5.47. The molecule has 0 amide bonds. The highest BCUT2D eigenvalue weighted by atomic mass is 32.2. The van der Waals surface area contributed by atoms with E-state index in [1.807, 2.05) is 0 Å². The second-order valence-electron chi connectivity index (χ2n) is 5.36. The van der Waals surface area contributed by atoms with E-state index in [1.54, 1.807) is 31.4 Å². The first-order chi connectivity index (χ1) is 10.1. The minimum absolute atomic E-state index is 0.252. The SMILES string of the molecule is COc1ccc(N(CCCN)S(=O)(=O)C2CCCC2)cc1. The van der Waals surface area contributed by atoms with E-state index < -0.39 is 10.0 Å². The first kappa shape index (κ1) is 16.1. The maximum Gasteiger partial charge on any atom is 0.238 e. The van der Waals surface area contributed by atoms with Crippen LogP contribution in [0.2, 0.25) is 0 Å². The van der Waals surface area contributed by atoms with E-state index in [2.05, 4.69) is 0 Å².